The Kier molecular flexibility index (Phi) is 5.69. The van der Waals surface area contributed by atoms with Gasteiger partial charge in [-0.1, -0.05) is 47.7 Å². The molecule has 0 aliphatic heterocycles. The SMILES string of the molecule is CSc1cccc(C(=O)N(Cc2ccccc2)c2nc3cc(C)c(C)cc3s2)c1. The molecule has 5 heteroatoms. The van der Waals surface area contributed by atoms with E-state index in [1.165, 1.54) is 11.1 Å². The maximum atomic E-state index is 13.5. The molecule has 146 valence electrons. The highest BCUT2D eigenvalue weighted by molar-refractivity contribution is 7.98. The third-order valence-corrected chi connectivity index (χ3v) is 6.74. The second kappa shape index (κ2) is 8.39. The van der Waals surface area contributed by atoms with Crippen LogP contribution in [0.5, 0.6) is 0 Å². The van der Waals surface area contributed by atoms with E-state index in [1.807, 2.05) is 60.9 Å². The molecule has 29 heavy (non-hydrogen) atoms. The minimum Gasteiger partial charge on any atom is -0.279 e. The molecular weight excluding hydrogens is 396 g/mol. The predicted molar refractivity (Wildman–Crippen MR) is 124 cm³/mol. The minimum atomic E-state index is -0.0303. The highest BCUT2D eigenvalue weighted by Crippen LogP contribution is 2.32. The van der Waals surface area contributed by atoms with Gasteiger partial charge in [0.15, 0.2) is 5.13 Å². The lowest BCUT2D eigenvalue weighted by atomic mass is 10.1. The molecule has 0 fully saturated rings. The molecule has 1 amide bonds. The summed E-state index contributed by atoms with van der Waals surface area (Å²) in [6.45, 7) is 4.69. The van der Waals surface area contributed by atoms with E-state index in [2.05, 4.69) is 26.0 Å². The van der Waals surface area contributed by atoms with Crippen molar-refractivity contribution >= 4 is 44.4 Å². The van der Waals surface area contributed by atoms with Gasteiger partial charge in [-0.15, -0.1) is 11.8 Å². The number of thiazole rings is 1. The fraction of sp³-hybridized carbons (Fsp3) is 0.167. The number of aryl methyl sites for hydroxylation is 2. The highest BCUT2D eigenvalue weighted by atomic mass is 32.2. The number of anilines is 1. The number of amides is 1. The van der Waals surface area contributed by atoms with Crippen molar-refractivity contribution in [2.24, 2.45) is 0 Å². The van der Waals surface area contributed by atoms with Gasteiger partial charge >= 0.3 is 0 Å². The molecule has 0 aliphatic carbocycles. The number of thioether (sulfide) groups is 1. The summed E-state index contributed by atoms with van der Waals surface area (Å²) in [5, 5.41) is 0.730. The van der Waals surface area contributed by atoms with Crippen molar-refractivity contribution in [3.63, 3.8) is 0 Å². The summed E-state index contributed by atoms with van der Waals surface area (Å²) in [6, 6.07) is 22.1. The maximum absolute atomic E-state index is 13.5. The minimum absolute atomic E-state index is 0.0303. The van der Waals surface area contributed by atoms with Crippen molar-refractivity contribution in [2.45, 2.75) is 25.3 Å². The molecule has 0 aliphatic rings. The van der Waals surface area contributed by atoms with Crippen molar-refractivity contribution in [2.75, 3.05) is 11.2 Å². The van der Waals surface area contributed by atoms with Gasteiger partial charge in [-0.3, -0.25) is 9.69 Å². The van der Waals surface area contributed by atoms with Crippen molar-refractivity contribution < 1.29 is 4.79 Å². The first-order valence-electron chi connectivity index (χ1n) is 9.43. The van der Waals surface area contributed by atoms with Gasteiger partial charge in [0, 0.05) is 10.5 Å². The van der Waals surface area contributed by atoms with Crippen LogP contribution in [0.3, 0.4) is 0 Å². The molecular formula is C24H22N2OS2. The third-order valence-electron chi connectivity index (χ3n) is 4.97. The van der Waals surface area contributed by atoms with Gasteiger partial charge in [-0.25, -0.2) is 4.98 Å². The molecule has 1 aromatic heterocycles. The molecule has 0 saturated heterocycles. The quantitative estimate of drug-likeness (QED) is 0.348. The van der Waals surface area contributed by atoms with Crippen molar-refractivity contribution in [3.05, 3.63) is 89.0 Å². The topological polar surface area (TPSA) is 33.2 Å². The first-order valence-corrected chi connectivity index (χ1v) is 11.5. The van der Waals surface area contributed by atoms with Crippen LogP contribution in [-0.4, -0.2) is 17.1 Å². The van der Waals surface area contributed by atoms with Gasteiger partial charge in [0.05, 0.1) is 16.8 Å². The van der Waals surface area contributed by atoms with E-state index in [9.17, 15) is 4.79 Å². The number of benzene rings is 3. The van der Waals surface area contributed by atoms with Crippen LogP contribution in [0, 0.1) is 13.8 Å². The number of rotatable bonds is 5. The standard InChI is InChI=1S/C24H22N2OS2/c1-16-12-21-22(13-17(16)2)29-24(25-21)26(15-18-8-5-4-6-9-18)23(27)19-10-7-11-20(14-19)28-3/h4-14H,15H2,1-3H3. The van der Waals surface area contributed by atoms with Crippen molar-refractivity contribution in [3.8, 4) is 0 Å². The molecule has 0 radical (unpaired) electrons. The van der Waals surface area contributed by atoms with E-state index in [-0.39, 0.29) is 5.91 Å². The van der Waals surface area contributed by atoms with Gasteiger partial charge in [0.1, 0.15) is 0 Å². The molecule has 0 atom stereocenters. The lowest BCUT2D eigenvalue weighted by Gasteiger charge is -2.20. The van der Waals surface area contributed by atoms with Crippen LogP contribution in [0.1, 0.15) is 27.0 Å². The summed E-state index contributed by atoms with van der Waals surface area (Å²) in [7, 11) is 0. The summed E-state index contributed by atoms with van der Waals surface area (Å²) in [5.41, 5.74) is 5.15. The van der Waals surface area contributed by atoms with Gasteiger partial charge in [-0.05, 0) is 67.1 Å². The number of carbonyl (C=O) groups is 1. The van der Waals surface area contributed by atoms with Crippen LogP contribution >= 0.6 is 23.1 Å². The average Bonchev–Trinajstić information content (AvgIpc) is 3.15. The summed E-state index contributed by atoms with van der Waals surface area (Å²) >= 11 is 3.20. The highest BCUT2D eigenvalue weighted by Gasteiger charge is 2.22. The van der Waals surface area contributed by atoms with Crippen LogP contribution in [-0.2, 0) is 6.54 Å². The molecule has 0 saturated carbocycles. The number of carbonyl (C=O) groups excluding carboxylic acids is 1. The van der Waals surface area contributed by atoms with Crippen LogP contribution in [0.25, 0.3) is 10.2 Å². The van der Waals surface area contributed by atoms with Crippen LogP contribution in [0.2, 0.25) is 0 Å². The Bertz CT molecular complexity index is 1130. The lowest BCUT2D eigenvalue weighted by Crippen LogP contribution is -2.30. The summed E-state index contributed by atoms with van der Waals surface area (Å²) in [6.07, 6.45) is 2.02. The van der Waals surface area contributed by atoms with E-state index >= 15 is 0 Å². The van der Waals surface area contributed by atoms with Crippen LogP contribution in [0.15, 0.2) is 71.6 Å². The molecule has 1 heterocycles. The molecule has 0 N–H and O–H groups in total. The van der Waals surface area contributed by atoms with Crippen LogP contribution in [0.4, 0.5) is 5.13 Å². The van der Waals surface area contributed by atoms with Gasteiger partial charge in [-0.2, -0.15) is 0 Å². The monoisotopic (exact) mass is 418 g/mol. The smallest absolute Gasteiger partial charge is 0.260 e. The zero-order valence-electron chi connectivity index (χ0n) is 16.7. The molecule has 4 aromatic rings. The van der Waals surface area contributed by atoms with Crippen molar-refractivity contribution in [1.29, 1.82) is 0 Å². The second-order valence-electron chi connectivity index (χ2n) is 7.01. The van der Waals surface area contributed by atoms with Gasteiger partial charge in [0.2, 0.25) is 0 Å². The van der Waals surface area contributed by atoms with Gasteiger partial charge in [0.25, 0.3) is 5.91 Å². The Labute approximate surface area is 179 Å². The first kappa shape index (κ1) is 19.7. The number of hydrogen-bond acceptors (Lipinski definition) is 4. The van der Waals surface area contributed by atoms with Crippen molar-refractivity contribution in [1.82, 2.24) is 4.98 Å². The molecule has 3 nitrogen and oxygen atoms in total. The number of hydrogen-bond donors (Lipinski definition) is 0. The Morgan fingerprint density at radius 2 is 1.76 bits per heavy atom. The zero-order chi connectivity index (χ0) is 20.4. The average molecular weight is 419 g/mol. The zero-order valence-corrected chi connectivity index (χ0v) is 18.3. The molecule has 4 rings (SSSR count). The molecule has 0 spiro atoms. The van der Waals surface area contributed by atoms with Crippen LogP contribution < -0.4 is 4.90 Å². The Hall–Kier alpha value is -2.63. The summed E-state index contributed by atoms with van der Waals surface area (Å²) in [4.78, 5) is 21.2. The Morgan fingerprint density at radius 3 is 2.52 bits per heavy atom. The molecule has 0 bridgehead atoms. The van der Waals surface area contributed by atoms with Gasteiger partial charge < -0.3 is 0 Å². The predicted octanol–water partition coefficient (Wildman–Crippen LogP) is 6.48. The number of nitrogens with zero attached hydrogens (tertiary/aromatic N) is 2. The largest absolute Gasteiger partial charge is 0.279 e. The first-order chi connectivity index (χ1) is 14.0. The molecule has 0 unspecified atom stereocenters. The lowest BCUT2D eigenvalue weighted by molar-refractivity contribution is 0.0985. The van der Waals surface area contributed by atoms with E-state index in [0.717, 1.165) is 25.8 Å². The Balaban J connectivity index is 1.78. The summed E-state index contributed by atoms with van der Waals surface area (Å²) in [5.74, 6) is -0.0303. The van der Waals surface area contributed by atoms with E-state index in [0.29, 0.717) is 12.1 Å². The normalized spacial score (nSPS) is 11.0. The maximum Gasteiger partial charge on any atom is 0.260 e. The Morgan fingerprint density at radius 1 is 1.00 bits per heavy atom. The third kappa shape index (κ3) is 4.21. The fourth-order valence-electron chi connectivity index (χ4n) is 3.19. The summed E-state index contributed by atoms with van der Waals surface area (Å²) < 4.78 is 1.10. The number of aromatic nitrogens is 1. The number of fused-ring (bicyclic) bond motifs is 1. The van der Waals surface area contributed by atoms with E-state index in [4.69, 9.17) is 4.98 Å². The van der Waals surface area contributed by atoms with E-state index < -0.39 is 0 Å². The molecule has 3 aromatic carbocycles. The van der Waals surface area contributed by atoms with E-state index in [1.54, 1.807) is 28.0 Å². The fourth-order valence-corrected chi connectivity index (χ4v) is 4.69. The second-order valence-corrected chi connectivity index (χ2v) is 8.90.